The van der Waals surface area contributed by atoms with Crippen molar-refractivity contribution in [3.05, 3.63) is 76.2 Å². The number of nitrogens with zero attached hydrogens (tertiary/aromatic N) is 2. The van der Waals surface area contributed by atoms with Crippen LogP contribution in [0.25, 0.3) is 11.0 Å². The molecule has 104 valence electrons. The summed E-state index contributed by atoms with van der Waals surface area (Å²) in [7, 11) is 0. The van der Waals surface area contributed by atoms with Gasteiger partial charge < -0.3 is 4.57 Å². The van der Waals surface area contributed by atoms with E-state index in [1.165, 1.54) is 0 Å². The predicted molar refractivity (Wildman–Crippen MR) is 81.6 cm³/mol. The van der Waals surface area contributed by atoms with E-state index in [0.717, 1.165) is 5.52 Å². The number of benzene rings is 2. The molecule has 4 nitrogen and oxygen atoms in total. The quantitative estimate of drug-likeness (QED) is 0.692. The van der Waals surface area contributed by atoms with Gasteiger partial charge in [-0.25, -0.2) is 4.98 Å². The van der Waals surface area contributed by atoms with Gasteiger partial charge in [0.05, 0.1) is 11.0 Å². The number of aromatic nitrogens is 2. The zero-order valence-corrected chi connectivity index (χ0v) is 11.6. The Morgan fingerprint density at radius 3 is 2.43 bits per heavy atom. The lowest BCUT2D eigenvalue weighted by Crippen LogP contribution is -2.28. The topological polar surface area (TPSA) is 52.0 Å². The number of hydrogen-bond acceptors (Lipinski definition) is 3. The van der Waals surface area contributed by atoms with Crippen LogP contribution in [0.4, 0.5) is 0 Å². The first-order valence-corrected chi connectivity index (χ1v) is 6.81. The molecule has 0 bridgehead atoms. The molecule has 0 saturated heterocycles. The van der Waals surface area contributed by atoms with Gasteiger partial charge in [0.25, 0.3) is 5.56 Å². The highest BCUT2D eigenvalue weighted by molar-refractivity contribution is 6.08. The van der Waals surface area contributed by atoms with Crippen LogP contribution in [0.2, 0.25) is 0 Å². The highest BCUT2D eigenvalue weighted by Gasteiger charge is 2.18. The maximum Gasteiger partial charge on any atom is 0.281 e. The first-order chi connectivity index (χ1) is 10.2. The standard InChI is InChI=1S/C17H14N2O2/c1-2-19-14-11-7-6-10-13(14)18-15(17(19)21)16(20)12-8-4-3-5-9-12/h3-11H,2H2,1H3. The molecule has 0 fully saturated rings. The van der Waals surface area contributed by atoms with Crippen molar-refractivity contribution in [2.75, 3.05) is 0 Å². The molecule has 0 saturated carbocycles. The molecule has 4 heteroatoms. The number of carbonyl (C=O) groups excluding carboxylic acids is 1. The number of aryl methyl sites for hydroxylation is 1. The number of hydrogen-bond donors (Lipinski definition) is 0. The van der Waals surface area contributed by atoms with Gasteiger partial charge in [0, 0.05) is 12.1 Å². The van der Waals surface area contributed by atoms with Gasteiger partial charge in [0.15, 0.2) is 5.69 Å². The van der Waals surface area contributed by atoms with E-state index < -0.39 is 0 Å². The van der Waals surface area contributed by atoms with Crippen LogP contribution >= 0.6 is 0 Å². The van der Waals surface area contributed by atoms with Crippen LogP contribution in [-0.2, 0) is 6.54 Å². The summed E-state index contributed by atoms with van der Waals surface area (Å²) in [5.74, 6) is -0.339. The van der Waals surface area contributed by atoms with Gasteiger partial charge in [0.2, 0.25) is 5.78 Å². The number of para-hydroxylation sites is 2. The lowest BCUT2D eigenvalue weighted by atomic mass is 10.1. The van der Waals surface area contributed by atoms with E-state index in [-0.39, 0.29) is 17.0 Å². The Hall–Kier alpha value is -2.75. The number of fused-ring (bicyclic) bond motifs is 1. The predicted octanol–water partition coefficient (Wildman–Crippen LogP) is 2.65. The molecule has 2 aromatic carbocycles. The molecular formula is C17H14N2O2. The van der Waals surface area contributed by atoms with Gasteiger partial charge in [-0.05, 0) is 19.1 Å². The summed E-state index contributed by atoms with van der Waals surface area (Å²) in [6, 6.07) is 16.1. The van der Waals surface area contributed by atoms with Crippen molar-refractivity contribution in [3.63, 3.8) is 0 Å². The molecule has 1 aromatic heterocycles. The van der Waals surface area contributed by atoms with Gasteiger partial charge in [-0.15, -0.1) is 0 Å². The van der Waals surface area contributed by atoms with E-state index in [1.807, 2.05) is 37.3 Å². The molecule has 0 aliphatic carbocycles. The third kappa shape index (κ3) is 2.25. The van der Waals surface area contributed by atoms with E-state index in [4.69, 9.17) is 0 Å². The molecule has 0 amide bonds. The van der Waals surface area contributed by atoms with Gasteiger partial charge >= 0.3 is 0 Å². The van der Waals surface area contributed by atoms with Crippen LogP contribution in [0.3, 0.4) is 0 Å². The van der Waals surface area contributed by atoms with Crippen LogP contribution in [0.5, 0.6) is 0 Å². The number of carbonyl (C=O) groups is 1. The van der Waals surface area contributed by atoms with E-state index in [2.05, 4.69) is 4.98 Å². The van der Waals surface area contributed by atoms with Crippen LogP contribution in [0, 0.1) is 0 Å². The maximum atomic E-state index is 12.5. The summed E-state index contributed by atoms with van der Waals surface area (Å²) >= 11 is 0. The molecule has 0 aliphatic heterocycles. The van der Waals surface area contributed by atoms with Gasteiger partial charge in [-0.3, -0.25) is 9.59 Å². The lowest BCUT2D eigenvalue weighted by molar-refractivity contribution is 0.103. The van der Waals surface area contributed by atoms with E-state index in [0.29, 0.717) is 17.6 Å². The highest BCUT2D eigenvalue weighted by atomic mass is 16.1. The Morgan fingerprint density at radius 1 is 1.05 bits per heavy atom. The molecule has 3 aromatic rings. The molecule has 0 unspecified atom stereocenters. The third-order valence-electron chi connectivity index (χ3n) is 3.42. The maximum absolute atomic E-state index is 12.5. The van der Waals surface area contributed by atoms with Crippen LogP contribution < -0.4 is 5.56 Å². The molecular weight excluding hydrogens is 264 g/mol. The number of ketones is 1. The molecule has 21 heavy (non-hydrogen) atoms. The largest absolute Gasteiger partial charge is 0.305 e. The molecule has 0 aliphatic rings. The Morgan fingerprint density at radius 2 is 1.71 bits per heavy atom. The van der Waals surface area contributed by atoms with Gasteiger partial charge in [-0.2, -0.15) is 0 Å². The van der Waals surface area contributed by atoms with Crippen molar-refractivity contribution in [2.24, 2.45) is 0 Å². The van der Waals surface area contributed by atoms with Crippen molar-refractivity contribution >= 4 is 16.8 Å². The summed E-state index contributed by atoms with van der Waals surface area (Å²) in [6.45, 7) is 2.38. The first kappa shape index (κ1) is 13.2. The van der Waals surface area contributed by atoms with Gasteiger partial charge in [0.1, 0.15) is 0 Å². The first-order valence-electron chi connectivity index (χ1n) is 6.81. The minimum atomic E-state index is -0.343. The second-order valence-corrected chi connectivity index (χ2v) is 4.69. The Kier molecular flexibility index (Phi) is 3.36. The van der Waals surface area contributed by atoms with Crippen LogP contribution in [-0.4, -0.2) is 15.3 Å². The summed E-state index contributed by atoms with van der Waals surface area (Å²) in [4.78, 5) is 29.3. The zero-order chi connectivity index (χ0) is 14.8. The second kappa shape index (κ2) is 5.32. The van der Waals surface area contributed by atoms with Crippen LogP contribution in [0.1, 0.15) is 23.0 Å². The lowest BCUT2D eigenvalue weighted by Gasteiger charge is -2.09. The molecule has 3 rings (SSSR count). The Balaban J connectivity index is 2.27. The zero-order valence-electron chi connectivity index (χ0n) is 11.6. The van der Waals surface area contributed by atoms with Crippen molar-refractivity contribution in [1.29, 1.82) is 0 Å². The van der Waals surface area contributed by atoms with Crippen molar-refractivity contribution < 1.29 is 4.79 Å². The average molecular weight is 278 g/mol. The monoisotopic (exact) mass is 278 g/mol. The highest BCUT2D eigenvalue weighted by Crippen LogP contribution is 2.12. The van der Waals surface area contributed by atoms with Gasteiger partial charge in [-0.1, -0.05) is 42.5 Å². The Labute approximate surface area is 121 Å². The molecule has 0 N–H and O–H groups in total. The molecule has 0 atom stereocenters. The van der Waals surface area contributed by atoms with Crippen molar-refractivity contribution in [3.8, 4) is 0 Å². The van der Waals surface area contributed by atoms with Crippen molar-refractivity contribution in [1.82, 2.24) is 9.55 Å². The minimum Gasteiger partial charge on any atom is -0.305 e. The Bertz CT molecular complexity index is 867. The van der Waals surface area contributed by atoms with E-state index >= 15 is 0 Å². The minimum absolute atomic E-state index is 0.0262. The fourth-order valence-electron chi connectivity index (χ4n) is 2.38. The molecule has 0 spiro atoms. The normalized spacial score (nSPS) is 10.7. The number of rotatable bonds is 3. The molecule has 1 heterocycles. The molecule has 0 radical (unpaired) electrons. The SMILES string of the molecule is CCn1c(=O)c(C(=O)c2ccccc2)nc2ccccc21. The van der Waals surface area contributed by atoms with E-state index in [9.17, 15) is 9.59 Å². The van der Waals surface area contributed by atoms with Crippen LogP contribution in [0.15, 0.2) is 59.4 Å². The van der Waals surface area contributed by atoms with E-state index in [1.54, 1.807) is 28.8 Å². The van der Waals surface area contributed by atoms with Crippen molar-refractivity contribution in [2.45, 2.75) is 13.5 Å². The third-order valence-corrected chi connectivity index (χ3v) is 3.42. The summed E-state index contributed by atoms with van der Waals surface area (Å²) in [5.41, 5.74) is 1.50. The summed E-state index contributed by atoms with van der Waals surface area (Å²) in [5, 5.41) is 0. The second-order valence-electron chi connectivity index (χ2n) is 4.69. The summed E-state index contributed by atoms with van der Waals surface area (Å²) in [6.07, 6.45) is 0. The smallest absolute Gasteiger partial charge is 0.281 e. The average Bonchev–Trinajstić information content (AvgIpc) is 2.54. The fraction of sp³-hybridized carbons (Fsp3) is 0.118. The fourth-order valence-corrected chi connectivity index (χ4v) is 2.38. The summed E-state index contributed by atoms with van der Waals surface area (Å²) < 4.78 is 1.58.